The minimum atomic E-state index is -0.254. The Labute approximate surface area is 182 Å². The van der Waals surface area contributed by atoms with Gasteiger partial charge in [-0.15, -0.1) is 0 Å². The summed E-state index contributed by atoms with van der Waals surface area (Å²) in [6, 6.07) is 15.1. The summed E-state index contributed by atoms with van der Waals surface area (Å²) in [5.74, 6) is -0.653. The Morgan fingerprint density at radius 2 is 1.77 bits per heavy atom. The van der Waals surface area contributed by atoms with Gasteiger partial charge < -0.3 is 10.6 Å². The molecule has 0 saturated carbocycles. The van der Waals surface area contributed by atoms with E-state index < -0.39 is 0 Å². The number of hydrazone groups is 1. The normalized spacial score (nSPS) is 13.2. The Kier molecular flexibility index (Phi) is 7.18. The third kappa shape index (κ3) is 6.01. The fraction of sp³-hybridized carbons (Fsp3) is 0.333. The maximum absolute atomic E-state index is 12.5. The van der Waals surface area contributed by atoms with E-state index >= 15 is 0 Å². The minimum absolute atomic E-state index is 0.0630. The third-order valence-electron chi connectivity index (χ3n) is 5.07. The molecule has 2 aromatic carbocycles. The Morgan fingerprint density at radius 3 is 2.48 bits per heavy atom. The van der Waals surface area contributed by atoms with Crippen LogP contribution in [0, 0.1) is 12.8 Å². The summed E-state index contributed by atoms with van der Waals surface area (Å²) in [5.41, 5.74) is 4.00. The monoisotopic (exact) mass is 420 g/mol. The van der Waals surface area contributed by atoms with Crippen LogP contribution in [0.2, 0.25) is 0 Å². The first-order valence-electron chi connectivity index (χ1n) is 10.5. The predicted octanol–water partition coefficient (Wildman–Crippen LogP) is 3.94. The molecule has 2 N–H and O–H groups in total. The molecule has 0 spiro atoms. The summed E-state index contributed by atoms with van der Waals surface area (Å²) < 4.78 is 0. The van der Waals surface area contributed by atoms with Crippen LogP contribution in [-0.4, -0.2) is 35.0 Å². The van der Waals surface area contributed by atoms with Gasteiger partial charge in [0.05, 0.1) is 12.3 Å². The van der Waals surface area contributed by atoms with E-state index in [9.17, 15) is 14.4 Å². The number of nitrogens with one attached hydrogen (secondary N) is 2. The highest BCUT2D eigenvalue weighted by molar-refractivity contribution is 6.03. The van der Waals surface area contributed by atoms with Crippen LogP contribution in [-0.2, 0) is 14.4 Å². The molecule has 3 rings (SSSR count). The lowest BCUT2D eigenvalue weighted by Gasteiger charge is -2.13. The molecule has 0 fully saturated rings. The summed E-state index contributed by atoms with van der Waals surface area (Å²) in [7, 11) is 0. The number of amides is 3. The summed E-state index contributed by atoms with van der Waals surface area (Å²) in [4.78, 5) is 36.8. The molecular formula is C24H28N4O3. The van der Waals surface area contributed by atoms with Crippen molar-refractivity contribution in [2.75, 3.05) is 17.2 Å². The summed E-state index contributed by atoms with van der Waals surface area (Å²) in [6.45, 7) is 6.03. The standard InChI is InChI=1S/C24H28N4O3/c1-16(2)24(31)25-19-10-9-17(3)21(15-19)26-22(29)11-12-23(30)28-14-13-20(27-28)18-7-5-4-6-8-18/h4-10,15-16H,11-14H2,1-3H3,(H,25,31)(H,26,29). The van der Waals surface area contributed by atoms with Crippen molar-refractivity contribution in [1.29, 1.82) is 0 Å². The van der Waals surface area contributed by atoms with Crippen LogP contribution < -0.4 is 10.6 Å². The first kappa shape index (κ1) is 22.2. The first-order chi connectivity index (χ1) is 14.8. The van der Waals surface area contributed by atoms with Crippen molar-refractivity contribution in [2.24, 2.45) is 11.0 Å². The summed E-state index contributed by atoms with van der Waals surface area (Å²) >= 11 is 0. The van der Waals surface area contributed by atoms with Crippen molar-refractivity contribution in [3.63, 3.8) is 0 Å². The third-order valence-corrected chi connectivity index (χ3v) is 5.07. The molecule has 0 aliphatic carbocycles. The highest BCUT2D eigenvalue weighted by Gasteiger charge is 2.22. The molecule has 7 nitrogen and oxygen atoms in total. The second-order valence-corrected chi connectivity index (χ2v) is 7.90. The minimum Gasteiger partial charge on any atom is -0.326 e. The Bertz CT molecular complexity index is 999. The van der Waals surface area contributed by atoms with Gasteiger partial charge in [0.2, 0.25) is 17.7 Å². The number of carbonyl (C=O) groups is 3. The van der Waals surface area contributed by atoms with Crippen molar-refractivity contribution in [3.05, 3.63) is 59.7 Å². The van der Waals surface area contributed by atoms with E-state index in [-0.39, 0.29) is 36.5 Å². The van der Waals surface area contributed by atoms with Gasteiger partial charge in [-0.3, -0.25) is 14.4 Å². The zero-order valence-corrected chi connectivity index (χ0v) is 18.1. The molecular weight excluding hydrogens is 392 g/mol. The van der Waals surface area contributed by atoms with Gasteiger partial charge in [0.25, 0.3) is 0 Å². The van der Waals surface area contributed by atoms with Gasteiger partial charge >= 0.3 is 0 Å². The van der Waals surface area contributed by atoms with Crippen molar-refractivity contribution < 1.29 is 14.4 Å². The number of hydrogen-bond donors (Lipinski definition) is 2. The zero-order chi connectivity index (χ0) is 22.4. The smallest absolute Gasteiger partial charge is 0.243 e. The molecule has 0 bridgehead atoms. The van der Waals surface area contributed by atoms with Crippen LogP contribution in [0.15, 0.2) is 53.6 Å². The van der Waals surface area contributed by atoms with Gasteiger partial charge in [0, 0.05) is 36.6 Å². The highest BCUT2D eigenvalue weighted by Crippen LogP contribution is 2.21. The predicted molar refractivity (Wildman–Crippen MR) is 122 cm³/mol. The number of benzene rings is 2. The van der Waals surface area contributed by atoms with Gasteiger partial charge in [-0.2, -0.15) is 5.10 Å². The number of hydrogen-bond acceptors (Lipinski definition) is 4. The molecule has 0 saturated heterocycles. The molecule has 1 aliphatic rings. The Balaban J connectivity index is 1.54. The lowest BCUT2D eigenvalue weighted by Crippen LogP contribution is -2.25. The van der Waals surface area contributed by atoms with Gasteiger partial charge in [0.15, 0.2) is 0 Å². The molecule has 31 heavy (non-hydrogen) atoms. The van der Waals surface area contributed by atoms with Gasteiger partial charge in [-0.25, -0.2) is 5.01 Å². The van der Waals surface area contributed by atoms with Crippen molar-refractivity contribution >= 4 is 34.8 Å². The molecule has 3 amide bonds. The second-order valence-electron chi connectivity index (χ2n) is 7.90. The molecule has 0 atom stereocenters. The SMILES string of the molecule is Cc1ccc(NC(=O)C(C)C)cc1NC(=O)CCC(=O)N1CCC(c2ccccc2)=N1. The van der Waals surface area contributed by atoms with E-state index in [1.54, 1.807) is 12.1 Å². The average Bonchev–Trinajstić information content (AvgIpc) is 3.25. The van der Waals surface area contributed by atoms with E-state index in [0.717, 1.165) is 16.8 Å². The highest BCUT2D eigenvalue weighted by atomic mass is 16.2. The molecule has 7 heteroatoms. The molecule has 0 aromatic heterocycles. The molecule has 2 aromatic rings. The van der Waals surface area contributed by atoms with Gasteiger partial charge in [-0.1, -0.05) is 50.2 Å². The second kappa shape index (κ2) is 10.0. The largest absolute Gasteiger partial charge is 0.326 e. The Hall–Kier alpha value is -3.48. The van der Waals surface area contributed by atoms with E-state index in [0.29, 0.717) is 24.3 Å². The number of rotatable bonds is 7. The summed E-state index contributed by atoms with van der Waals surface area (Å²) in [5, 5.41) is 11.5. The number of aryl methyl sites for hydroxylation is 1. The molecule has 0 radical (unpaired) electrons. The molecule has 1 aliphatic heterocycles. The Morgan fingerprint density at radius 1 is 1.03 bits per heavy atom. The van der Waals surface area contributed by atoms with Crippen LogP contribution in [0.1, 0.15) is 44.2 Å². The lowest BCUT2D eigenvalue weighted by molar-refractivity contribution is -0.132. The van der Waals surface area contributed by atoms with E-state index in [1.165, 1.54) is 5.01 Å². The molecule has 162 valence electrons. The van der Waals surface area contributed by atoms with Gasteiger partial charge in [-0.05, 0) is 30.2 Å². The maximum atomic E-state index is 12.5. The number of anilines is 2. The van der Waals surface area contributed by atoms with Crippen LogP contribution in [0.5, 0.6) is 0 Å². The topological polar surface area (TPSA) is 90.9 Å². The average molecular weight is 421 g/mol. The molecule has 1 heterocycles. The fourth-order valence-electron chi connectivity index (χ4n) is 3.15. The van der Waals surface area contributed by atoms with E-state index in [4.69, 9.17) is 0 Å². The number of nitrogens with zero attached hydrogens (tertiary/aromatic N) is 2. The zero-order valence-electron chi connectivity index (χ0n) is 18.1. The van der Waals surface area contributed by atoms with Crippen molar-refractivity contribution in [1.82, 2.24) is 5.01 Å². The van der Waals surface area contributed by atoms with E-state index in [1.807, 2.05) is 57.2 Å². The maximum Gasteiger partial charge on any atom is 0.243 e. The number of carbonyl (C=O) groups excluding carboxylic acids is 3. The van der Waals surface area contributed by atoms with Crippen LogP contribution in [0.4, 0.5) is 11.4 Å². The summed E-state index contributed by atoms with van der Waals surface area (Å²) in [6.07, 6.45) is 0.851. The quantitative estimate of drug-likeness (QED) is 0.711. The van der Waals surface area contributed by atoms with Crippen molar-refractivity contribution in [2.45, 2.75) is 40.0 Å². The van der Waals surface area contributed by atoms with Gasteiger partial charge in [0.1, 0.15) is 0 Å². The molecule has 0 unspecified atom stereocenters. The van der Waals surface area contributed by atoms with Crippen LogP contribution in [0.3, 0.4) is 0 Å². The van der Waals surface area contributed by atoms with Crippen LogP contribution >= 0.6 is 0 Å². The van der Waals surface area contributed by atoms with Crippen molar-refractivity contribution in [3.8, 4) is 0 Å². The lowest BCUT2D eigenvalue weighted by atomic mass is 10.1. The van der Waals surface area contributed by atoms with E-state index in [2.05, 4.69) is 15.7 Å². The first-order valence-corrected chi connectivity index (χ1v) is 10.5. The van der Waals surface area contributed by atoms with Crippen LogP contribution in [0.25, 0.3) is 0 Å². The fourth-order valence-corrected chi connectivity index (χ4v) is 3.15.